The first-order valence-corrected chi connectivity index (χ1v) is 7.32. The molecule has 0 aromatic heterocycles. The van der Waals surface area contributed by atoms with Crippen LogP contribution in [0.5, 0.6) is 0 Å². The highest BCUT2D eigenvalue weighted by Gasteiger charge is 2.25. The molecular formula is C18H22N2O2. The van der Waals surface area contributed by atoms with Gasteiger partial charge in [0.25, 0.3) is 0 Å². The van der Waals surface area contributed by atoms with E-state index in [1.54, 1.807) is 19.1 Å². The van der Waals surface area contributed by atoms with Crippen molar-refractivity contribution in [2.24, 2.45) is 0 Å². The van der Waals surface area contributed by atoms with Gasteiger partial charge in [-0.1, -0.05) is 24.3 Å². The fourth-order valence-electron chi connectivity index (χ4n) is 2.55. The second kappa shape index (κ2) is 6.52. The Morgan fingerprint density at radius 3 is 2.09 bits per heavy atom. The number of carbonyl (C=O) groups excluding carboxylic acids is 1. The van der Waals surface area contributed by atoms with Crippen LogP contribution in [-0.4, -0.2) is 12.6 Å². The molecule has 1 unspecified atom stereocenters. The Bertz CT molecular complexity index is 655. The third kappa shape index (κ3) is 3.22. The highest BCUT2D eigenvalue weighted by atomic mass is 16.5. The lowest BCUT2D eigenvalue weighted by molar-refractivity contribution is -0.143. The van der Waals surface area contributed by atoms with Crippen molar-refractivity contribution >= 4 is 17.3 Å². The molecule has 0 fully saturated rings. The van der Waals surface area contributed by atoms with E-state index in [0.29, 0.717) is 12.3 Å². The molecule has 4 N–H and O–H groups in total. The molecule has 0 aliphatic rings. The van der Waals surface area contributed by atoms with Crippen molar-refractivity contribution in [1.29, 1.82) is 0 Å². The summed E-state index contributed by atoms with van der Waals surface area (Å²) in [4.78, 5) is 12.5. The Balaban J connectivity index is 2.53. The molecule has 0 bridgehead atoms. The van der Waals surface area contributed by atoms with Crippen LogP contribution in [0.4, 0.5) is 11.4 Å². The lowest BCUT2D eigenvalue weighted by atomic mass is 9.88. The van der Waals surface area contributed by atoms with Gasteiger partial charge in [-0.05, 0) is 55.2 Å². The minimum absolute atomic E-state index is 0.268. The minimum Gasteiger partial charge on any atom is -0.465 e. The van der Waals surface area contributed by atoms with Gasteiger partial charge in [0.2, 0.25) is 0 Å². The maximum Gasteiger partial charge on any atom is 0.317 e. The molecular weight excluding hydrogens is 276 g/mol. The molecule has 0 aliphatic carbocycles. The third-order valence-electron chi connectivity index (χ3n) is 3.74. The molecule has 2 aromatic carbocycles. The molecule has 4 heteroatoms. The van der Waals surface area contributed by atoms with Gasteiger partial charge < -0.3 is 16.2 Å². The zero-order chi connectivity index (χ0) is 16.3. The van der Waals surface area contributed by atoms with Crippen molar-refractivity contribution in [3.8, 4) is 0 Å². The van der Waals surface area contributed by atoms with Crippen molar-refractivity contribution in [1.82, 2.24) is 0 Å². The van der Waals surface area contributed by atoms with Crippen LogP contribution in [0, 0.1) is 13.8 Å². The summed E-state index contributed by atoms with van der Waals surface area (Å²) in [6.07, 6.45) is 0. The Kier molecular flexibility index (Phi) is 4.71. The van der Waals surface area contributed by atoms with Crippen LogP contribution in [0.2, 0.25) is 0 Å². The summed E-state index contributed by atoms with van der Waals surface area (Å²) in [5, 5.41) is 0. The molecule has 4 nitrogen and oxygen atoms in total. The number of hydrogen-bond acceptors (Lipinski definition) is 4. The van der Waals surface area contributed by atoms with Crippen molar-refractivity contribution < 1.29 is 9.53 Å². The van der Waals surface area contributed by atoms with Crippen LogP contribution in [-0.2, 0) is 9.53 Å². The van der Waals surface area contributed by atoms with Gasteiger partial charge in [-0.25, -0.2) is 0 Å². The van der Waals surface area contributed by atoms with E-state index in [-0.39, 0.29) is 5.97 Å². The zero-order valence-corrected chi connectivity index (χ0v) is 13.2. The van der Waals surface area contributed by atoms with E-state index in [4.69, 9.17) is 16.2 Å². The Morgan fingerprint density at radius 2 is 1.59 bits per heavy atom. The molecule has 0 radical (unpaired) electrons. The molecule has 0 spiro atoms. The van der Waals surface area contributed by atoms with E-state index in [9.17, 15) is 4.79 Å². The number of anilines is 2. The number of hydrogen-bond donors (Lipinski definition) is 2. The first-order valence-electron chi connectivity index (χ1n) is 7.32. The van der Waals surface area contributed by atoms with Gasteiger partial charge in [-0.2, -0.15) is 0 Å². The van der Waals surface area contributed by atoms with Gasteiger partial charge in [0.1, 0.15) is 5.92 Å². The smallest absolute Gasteiger partial charge is 0.317 e. The van der Waals surface area contributed by atoms with Gasteiger partial charge >= 0.3 is 5.97 Å². The summed E-state index contributed by atoms with van der Waals surface area (Å²) in [5.41, 5.74) is 16.8. The molecule has 116 valence electrons. The van der Waals surface area contributed by atoms with E-state index in [0.717, 1.165) is 27.9 Å². The Labute approximate surface area is 131 Å². The highest BCUT2D eigenvalue weighted by molar-refractivity contribution is 5.83. The predicted octanol–water partition coefficient (Wildman–Crippen LogP) is 3.16. The zero-order valence-electron chi connectivity index (χ0n) is 13.2. The number of rotatable bonds is 4. The quantitative estimate of drug-likeness (QED) is 0.671. The SMILES string of the molecule is CCOC(=O)C(c1ccc(N)cc1)c1cc(C)c(N)c(C)c1. The van der Waals surface area contributed by atoms with Gasteiger partial charge in [-0.3, -0.25) is 4.79 Å². The minimum atomic E-state index is -0.474. The molecule has 0 heterocycles. The molecule has 2 rings (SSSR count). The molecule has 0 saturated carbocycles. The van der Waals surface area contributed by atoms with Gasteiger partial charge in [0.05, 0.1) is 6.61 Å². The fraction of sp³-hybridized carbons (Fsp3) is 0.278. The van der Waals surface area contributed by atoms with Crippen molar-refractivity contribution in [2.75, 3.05) is 18.1 Å². The van der Waals surface area contributed by atoms with Crippen LogP contribution < -0.4 is 11.5 Å². The van der Waals surface area contributed by atoms with Crippen LogP contribution in [0.3, 0.4) is 0 Å². The molecule has 22 heavy (non-hydrogen) atoms. The van der Waals surface area contributed by atoms with Crippen LogP contribution >= 0.6 is 0 Å². The highest BCUT2D eigenvalue weighted by Crippen LogP contribution is 2.30. The first kappa shape index (κ1) is 15.9. The van der Waals surface area contributed by atoms with Gasteiger partial charge in [0, 0.05) is 11.4 Å². The number of aryl methyl sites for hydroxylation is 2. The van der Waals surface area contributed by atoms with Crippen LogP contribution in [0.15, 0.2) is 36.4 Å². The van der Waals surface area contributed by atoms with E-state index < -0.39 is 5.92 Å². The average Bonchev–Trinajstić information content (AvgIpc) is 2.47. The molecule has 0 amide bonds. The summed E-state index contributed by atoms with van der Waals surface area (Å²) < 4.78 is 5.25. The Morgan fingerprint density at radius 1 is 1.05 bits per heavy atom. The first-order chi connectivity index (χ1) is 10.4. The second-order valence-corrected chi connectivity index (χ2v) is 5.42. The third-order valence-corrected chi connectivity index (χ3v) is 3.74. The van der Waals surface area contributed by atoms with E-state index >= 15 is 0 Å². The monoisotopic (exact) mass is 298 g/mol. The van der Waals surface area contributed by atoms with Crippen molar-refractivity contribution in [2.45, 2.75) is 26.7 Å². The molecule has 2 aromatic rings. The number of ether oxygens (including phenoxy) is 1. The number of carbonyl (C=O) groups is 1. The normalized spacial score (nSPS) is 12.0. The number of nitrogen functional groups attached to an aromatic ring is 2. The van der Waals surface area contributed by atoms with E-state index in [1.807, 2.05) is 38.1 Å². The number of esters is 1. The Hall–Kier alpha value is -2.49. The van der Waals surface area contributed by atoms with Crippen LogP contribution in [0.1, 0.15) is 35.1 Å². The van der Waals surface area contributed by atoms with E-state index in [2.05, 4.69) is 0 Å². The average molecular weight is 298 g/mol. The summed E-state index contributed by atoms with van der Waals surface area (Å²) in [6, 6.07) is 11.2. The molecule has 1 atom stereocenters. The lowest BCUT2D eigenvalue weighted by Crippen LogP contribution is -2.18. The molecule has 0 saturated heterocycles. The summed E-state index contributed by atoms with van der Waals surface area (Å²) in [7, 11) is 0. The summed E-state index contributed by atoms with van der Waals surface area (Å²) in [5.74, 6) is -0.741. The second-order valence-electron chi connectivity index (χ2n) is 5.42. The van der Waals surface area contributed by atoms with E-state index in [1.165, 1.54) is 0 Å². The largest absolute Gasteiger partial charge is 0.465 e. The van der Waals surface area contributed by atoms with Gasteiger partial charge in [-0.15, -0.1) is 0 Å². The number of nitrogens with two attached hydrogens (primary N) is 2. The van der Waals surface area contributed by atoms with Crippen molar-refractivity contribution in [3.05, 3.63) is 58.7 Å². The van der Waals surface area contributed by atoms with Crippen molar-refractivity contribution in [3.63, 3.8) is 0 Å². The maximum absolute atomic E-state index is 12.5. The standard InChI is InChI=1S/C18H22N2O2/c1-4-22-18(21)16(13-5-7-15(19)8-6-13)14-9-11(2)17(20)12(3)10-14/h5-10,16H,4,19-20H2,1-3H3. The number of benzene rings is 2. The lowest BCUT2D eigenvalue weighted by Gasteiger charge is -2.19. The van der Waals surface area contributed by atoms with Crippen LogP contribution in [0.25, 0.3) is 0 Å². The fourth-order valence-corrected chi connectivity index (χ4v) is 2.55. The summed E-state index contributed by atoms with van der Waals surface area (Å²) >= 11 is 0. The summed E-state index contributed by atoms with van der Waals surface area (Å²) in [6.45, 7) is 6.03. The van der Waals surface area contributed by atoms with Gasteiger partial charge in [0.15, 0.2) is 0 Å². The predicted molar refractivity (Wildman–Crippen MR) is 89.7 cm³/mol. The molecule has 0 aliphatic heterocycles. The topological polar surface area (TPSA) is 78.3 Å². The maximum atomic E-state index is 12.5.